The molecule has 1 aliphatic rings. The van der Waals surface area contributed by atoms with Crippen molar-refractivity contribution in [2.24, 2.45) is 0 Å². The van der Waals surface area contributed by atoms with Gasteiger partial charge in [0.05, 0.1) is 6.61 Å². The summed E-state index contributed by atoms with van der Waals surface area (Å²) in [7, 11) is 0. The molecule has 0 heterocycles. The largest absolute Gasteiger partial charge is 0.395 e. The Morgan fingerprint density at radius 3 is 2.57 bits per heavy atom. The van der Waals surface area contributed by atoms with Crippen LogP contribution in [0.4, 0.5) is 0 Å². The van der Waals surface area contributed by atoms with Gasteiger partial charge in [0.15, 0.2) is 0 Å². The lowest BCUT2D eigenvalue weighted by atomic mass is 10.1. The summed E-state index contributed by atoms with van der Waals surface area (Å²) < 4.78 is 0. The third kappa shape index (κ3) is 2.82. The van der Waals surface area contributed by atoms with Gasteiger partial charge >= 0.3 is 0 Å². The number of nitrogens with one attached hydrogen (secondary N) is 1. The summed E-state index contributed by atoms with van der Waals surface area (Å²) in [5.41, 5.74) is 1.29. The molecule has 1 fully saturated rings. The monoisotopic (exact) mass is 191 g/mol. The van der Waals surface area contributed by atoms with Crippen molar-refractivity contribution in [3.05, 3.63) is 35.9 Å². The first-order valence-electron chi connectivity index (χ1n) is 5.29. The van der Waals surface area contributed by atoms with Crippen molar-refractivity contribution in [2.45, 2.75) is 31.3 Å². The molecule has 2 nitrogen and oxygen atoms in total. The Kier molecular flexibility index (Phi) is 3.17. The van der Waals surface area contributed by atoms with Crippen LogP contribution in [-0.2, 0) is 6.42 Å². The average molecular weight is 191 g/mol. The molecule has 2 N–H and O–H groups in total. The molecule has 0 spiro atoms. The summed E-state index contributed by atoms with van der Waals surface area (Å²) in [5, 5.41) is 12.6. The smallest absolute Gasteiger partial charge is 0.0587 e. The molecule has 1 aromatic rings. The van der Waals surface area contributed by atoms with Gasteiger partial charge in [0.2, 0.25) is 0 Å². The van der Waals surface area contributed by atoms with Crippen molar-refractivity contribution < 1.29 is 5.11 Å². The van der Waals surface area contributed by atoms with E-state index in [1.807, 2.05) is 18.2 Å². The second-order valence-corrected chi connectivity index (χ2v) is 4.01. The van der Waals surface area contributed by atoms with Crippen LogP contribution in [0.5, 0.6) is 0 Å². The van der Waals surface area contributed by atoms with E-state index in [-0.39, 0.29) is 12.6 Å². The van der Waals surface area contributed by atoms with Gasteiger partial charge < -0.3 is 10.4 Å². The third-order valence-corrected chi connectivity index (χ3v) is 2.59. The molecule has 1 aliphatic carbocycles. The normalized spacial score (nSPS) is 18.1. The summed E-state index contributed by atoms with van der Waals surface area (Å²) in [6.45, 7) is 0.228. The van der Waals surface area contributed by atoms with Gasteiger partial charge in [-0.1, -0.05) is 30.3 Å². The van der Waals surface area contributed by atoms with Crippen molar-refractivity contribution in [2.75, 3.05) is 6.61 Å². The highest BCUT2D eigenvalue weighted by Gasteiger charge is 2.24. The maximum absolute atomic E-state index is 9.20. The number of hydrogen-bond acceptors (Lipinski definition) is 2. The molecule has 1 aromatic carbocycles. The lowest BCUT2D eigenvalue weighted by Crippen LogP contribution is -2.35. The quantitative estimate of drug-likeness (QED) is 0.736. The maximum atomic E-state index is 9.20. The van der Waals surface area contributed by atoms with Crippen LogP contribution in [0.1, 0.15) is 18.4 Å². The third-order valence-electron chi connectivity index (χ3n) is 2.59. The molecule has 0 aromatic heterocycles. The van der Waals surface area contributed by atoms with Crippen LogP contribution in [-0.4, -0.2) is 23.8 Å². The number of hydrogen-bond donors (Lipinski definition) is 2. The molecule has 0 amide bonds. The Morgan fingerprint density at radius 2 is 2.00 bits per heavy atom. The fourth-order valence-electron chi connectivity index (χ4n) is 1.66. The molecular weight excluding hydrogens is 174 g/mol. The number of rotatable bonds is 5. The summed E-state index contributed by atoms with van der Waals surface area (Å²) in [4.78, 5) is 0. The number of benzene rings is 1. The maximum Gasteiger partial charge on any atom is 0.0587 e. The van der Waals surface area contributed by atoms with Crippen LogP contribution in [0.15, 0.2) is 30.3 Å². The SMILES string of the molecule is OC[C@H](Cc1ccccc1)NC1CC1. The standard InChI is InChI=1S/C12H17NO/c14-9-12(13-11-6-7-11)8-10-4-2-1-3-5-10/h1-5,11-14H,6-9H2/t12-/m0/s1. The van der Waals surface area contributed by atoms with E-state index in [2.05, 4.69) is 17.4 Å². The molecule has 2 heteroatoms. The zero-order valence-corrected chi connectivity index (χ0v) is 8.32. The second-order valence-electron chi connectivity index (χ2n) is 4.01. The number of aliphatic hydroxyl groups excluding tert-OH is 1. The van der Waals surface area contributed by atoms with Gasteiger partial charge in [0.1, 0.15) is 0 Å². The van der Waals surface area contributed by atoms with Crippen molar-refractivity contribution in [1.29, 1.82) is 0 Å². The fraction of sp³-hybridized carbons (Fsp3) is 0.500. The highest BCUT2D eigenvalue weighted by atomic mass is 16.3. The highest BCUT2D eigenvalue weighted by molar-refractivity contribution is 5.16. The Balaban J connectivity index is 1.87. The zero-order valence-electron chi connectivity index (χ0n) is 8.32. The molecule has 0 saturated heterocycles. The van der Waals surface area contributed by atoms with Gasteiger partial charge in [-0.15, -0.1) is 0 Å². The predicted molar refractivity (Wildman–Crippen MR) is 57.2 cm³/mol. The van der Waals surface area contributed by atoms with E-state index in [1.165, 1.54) is 18.4 Å². The van der Waals surface area contributed by atoms with Crippen molar-refractivity contribution in [3.8, 4) is 0 Å². The van der Waals surface area contributed by atoms with Crippen molar-refractivity contribution in [1.82, 2.24) is 5.32 Å². The second kappa shape index (κ2) is 4.58. The molecular formula is C12H17NO. The lowest BCUT2D eigenvalue weighted by molar-refractivity contribution is 0.240. The Morgan fingerprint density at radius 1 is 1.29 bits per heavy atom. The van der Waals surface area contributed by atoms with E-state index < -0.39 is 0 Å². The Hall–Kier alpha value is -0.860. The number of aliphatic hydroxyl groups is 1. The molecule has 0 bridgehead atoms. The van der Waals surface area contributed by atoms with Crippen LogP contribution in [0.3, 0.4) is 0 Å². The van der Waals surface area contributed by atoms with E-state index >= 15 is 0 Å². The van der Waals surface area contributed by atoms with E-state index in [1.54, 1.807) is 0 Å². The summed E-state index contributed by atoms with van der Waals surface area (Å²) in [6.07, 6.45) is 3.46. The van der Waals surface area contributed by atoms with Crippen LogP contribution >= 0.6 is 0 Å². The molecule has 0 radical (unpaired) electrons. The molecule has 0 aliphatic heterocycles. The minimum Gasteiger partial charge on any atom is -0.395 e. The van der Waals surface area contributed by atoms with E-state index in [4.69, 9.17) is 0 Å². The van der Waals surface area contributed by atoms with Gasteiger partial charge in [-0.2, -0.15) is 0 Å². The Bertz CT molecular complexity index is 269. The molecule has 2 rings (SSSR count). The fourth-order valence-corrected chi connectivity index (χ4v) is 1.66. The van der Waals surface area contributed by atoms with Gasteiger partial charge in [-0.05, 0) is 24.8 Å². The van der Waals surface area contributed by atoms with Crippen LogP contribution in [0.25, 0.3) is 0 Å². The first kappa shape index (κ1) is 9.69. The molecule has 1 atom stereocenters. The lowest BCUT2D eigenvalue weighted by Gasteiger charge is -2.15. The minimum atomic E-state index is 0.227. The molecule has 14 heavy (non-hydrogen) atoms. The minimum absolute atomic E-state index is 0.227. The average Bonchev–Trinajstić information content (AvgIpc) is 3.02. The molecule has 76 valence electrons. The molecule has 0 unspecified atom stereocenters. The van der Waals surface area contributed by atoms with E-state index in [9.17, 15) is 5.11 Å². The van der Waals surface area contributed by atoms with Crippen LogP contribution in [0, 0.1) is 0 Å². The first-order valence-corrected chi connectivity index (χ1v) is 5.29. The molecule has 1 saturated carbocycles. The van der Waals surface area contributed by atoms with E-state index in [0.29, 0.717) is 6.04 Å². The van der Waals surface area contributed by atoms with Gasteiger partial charge in [-0.25, -0.2) is 0 Å². The van der Waals surface area contributed by atoms with Gasteiger partial charge in [0.25, 0.3) is 0 Å². The van der Waals surface area contributed by atoms with Crippen molar-refractivity contribution >= 4 is 0 Å². The summed E-state index contributed by atoms with van der Waals surface area (Å²) in [5.74, 6) is 0. The summed E-state index contributed by atoms with van der Waals surface area (Å²) in [6, 6.07) is 11.2. The Labute approximate surface area is 85.0 Å². The zero-order chi connectivity index (χ0) is 9.80. The van der Waals surface area contributed by atoms with Crippen LogP contribution in [0.2, 0.25) is 0 Å². The predicted octanol–water partition coefficient (Wildman–Crippen LogP) is 1.34. The topological polar surface area (TPSA) is 32.3 Å². The van der Waals surface area contributed by atoms with Crippen molar-refractivity contribution in [3.63, 3.8) is 0 Å². The van der Waals surface area contributed by atoms with E-state index in [0.717, 1.165) is 6.42 Å². The van der Waals surface area contributed by atoms with Crippen LogP contribution < -0.4 is 5.32 Å². The summed E-state index contributed by atoms with van der Waals surface area (Å²) >= 11 is 0. The van der Waals surface area contributed by atoms with Gasteiger partial charge in [0, 0.05) is 12.1 Å². The van der Waals surface area contributed by atoms with Gasteiger partial charge in [-0.3, -0.25) is 0 Å². The first-order chi connectivity index (χ1) is 6.88. The highest BCUT2D eigenvalue weighted by Crippen LogP contribution is 2.20.